The Labute approximate surface area is 100 Å². The van der Waals surface area contributed by atoms with Crippen LogP contribution >= 0.6 is 0 Å². The van der Waals surface area contributed by atoms with Crippen molar-refractivity contribution in [2.24, 2.45) is 0 Å². The number of Topliss-reactive ketones (excluding diaryl/α,β-unsaturated/α-hetero) is 1. The number of ketones is 1. The van der Waals surface area contributed by atoms with Gasteiger partial charge in [-0.2, -0.15) is 0 Å². The number of carbonyl (C=O) groups is 2. The van der Waals surface area contributed by atoms with Gasteiger partial charge in [-0.25, -0.2) is 4.79 Å². The Balaban J connectivity index is 2.71. The summed E-state index contributed by atoms with van der Waals surface area (Å²) in [7, 11) is 1.58. The van der Waals surface area contributed by atoms with Gasteiger partial charge in [-0.05, 0) is 19.1 Å². The molecule has 5 nitrogen and oxygen atoms in total. The number of carbonyl (C=O) groups excluding carboxylic acids is 2. The molecular formula is C12H16N2O3. The fourth-order valence-corrected chi connectivity index (χ4v) is 1.29. The first-order valence-corrected chi connectivity index (χ1v) is 5.28. The van der Waals surface area contributed by atoms with Crippen molar-refractivity contribution in [3.63, 3.8) is 0 Å². The van der Waals surface area contributed by atoms with Crippen LogP contribution in [0.25, 0.3) is 0 Å². The molecule has 1 aromatic carbocycles. The lowest BCUT2D eigenvalue weighted by Crippen LogP contribution is -2.33. The molecule has 0 bridgehead atoms. The Hall–Kier alpha value is -1.88. The van der Waals surface area contributed by atoms with Crippen LogP contribution in [-0.4, -0.2) is 42.0 Å². The van der Waals surface area contributed by atoms with Gasteiger partial charge >= 0.3 is 6.03 Å². The summed E-state index contributed by atoms with van der Waals surface area (Å²) in [5, 5.41) is 11.3. The van der Waals surface area contributed by atoms with Gasteiger partial charge in [-0.3, -0.25) is 4.79 Å². The highest BCUT2D eigenvalue weighted by Crippen LogP contribution is 2.11. The molecule has 0 heterocycles. The lowest BCUT2D eigenvalue weighted by atomic mass is 10.1. The molecule has 0 atom stereocenters. The quantitative estimate of drug-likeness (QED) is 0.775. The molecule has 17 heavy (non-hydrogen) atoms. The van der Waals surface area contributed by atoms with Gasteiger partial charge in [0.2, 0.25) is 0 Å². The molecule has 1 rings (SSSR count). The van der Waals surface area contributed by atoms with E-state index in [4.69, 9.17) is 5.11 Å². The third kappa shape index (κ3) is 3.88. The summed E-state index contributed by atoms with van der Waals surface area (Å²) in [6.45, 7) is 1.65. The van der Waals surface area contributed by atoms with Gasteiger partial charge in [0.1, 0.15) is 0 Å². The van der Waals surface area contributed by atoms with Crippen LogP contribution in [-0.2, 0) is 0 Å². The van der Waals surface area contributed by atoms with Crippen molar-refractivity contribution in [2.75, 3.05) is 25.5 Å². The molecule has 0 aromatic heterocycles. The third-order valence-electron chi connectivity index (χ3n) is 2.30. The first kappa shape index (κ1) is 13.2. The van der Waals surface area contributed by atoms with Gasteiger partial charge in [0.05, 0.1) is 6.61 Å². The predicted molar refractivity (Wildman–Crippen MR) is 65.2 cm³/mol. The molecule has 1 aromatic rings. The maximum atomic E-state index is 11.6. The van der Waals surface area contributed by atoms with Gasteiger partial charge in [0.15, 0.2) is 5.78 Å². The number of nitrogens with one attached hydrogen (secondary N) is 1. The van der Waals surface area contributed by atoms with Crippen LogP contribution in [0.1, 0.15) is 17.3 Å². The van der Waals surface area contributed by atoms with Crippen LogP contribution in [0.15, 0.2) is 24.3 Å². The summed E-state index contributed by atoms with van der Waals surface area (Å²) in [6.07, 6.45) is 0. The lowest BCUT2D eigenvalue weighted by molar-refractivity contribution is 0.101. The van der Waals surface area contributed by atoms with Gasteiger partial charge in [-0.15, -0.1) is 0 Å². The van der Waals surface area contributed by atoms with Crippen molar-refractivity contribution < 1.29 is 14.7 Å². The fraction of sp³-hybridized carbons (Fsp3) is 0.333. The summed E-state index contributed by atoms with van der Waals surface area (Å²) >= 11 is 0. The van der Waals surface area contributed by atoms with E-state index in [1.807, 2.05) is 0 Å². The van der Waals surface area contributed by atoms with E-state index in [2.05, 4.69) is 5.32 Å². The minimum Gasteiger partial charge on any atom is -0.395 e. The van der Waals surface area contributed by atoms with Gasteiger partial charge in [-0.1, -0.05) is 12.1 Å². The molecule has 5 heteroatoms. The summed E-state index contributed by atoms with van der Waals surface area (Å²) in [6, 6.07) is 6.40. The summed E-state index contributed by atoms with van der Waals surface area (Å²) < 4.78 is 0. The van der Waals surface area contributed by atoms with Crippen molar-refractivity contribution in [3.05, 3.63) is 29.8 Å². The number of anilines is 1. The van der Waals surface area contributed by atoms with E-state index in [0.717, 1.165) is 0 Å². The number of likely N-dealkylation sites (N-methyl/N-ethyl adjacent to an activating group) is 1. The lowest BCUT2D eigenvalue weighted by Gasteiger charge is -2.16. The molecule has 0 spiro atoms. The van der Waals surface area contributed by atoms with Crippen molar-refractivity contribution in [1.82, 2.24) is 4.90 Å². The first-order valence-electron chi connectivity index (χ1n) is 5.28. The number of urea groups is 1. The number of nitrogens with zero attached hydrogens (tertiary/aromatic N) is 1. The molecule has 0 saturated heterocycles. The highest BCUT2D eigenvalue weighted by atomic mass is 16.3. The predicted octanol–water partition coefficient (Wildman–Crippen LogP) is 1.35. The molecule has 0 aliphatic rings. The number of hydrogen-bond donors (Lipinski definition) is 2. The summed E-state index contributed by atoms with van der Waals surface area (Å²) in [5.41, 5.74) is 1.11. The maximum Gasteiger partial charge on any atom is 0.321 e. The highest BCUT2D eigenvalue weighted by molar-refractivity contribution is 5.96. The van der Waals surface area contributed by atoms with Crippen molar-refractivity contribution >= 4 is 17.5 Å². The molecule has 2 amide bonds. The summed E-state index contributed by atoms with van der Waals surface area (Å²) in [5.74, 6) is -0.0511. The second-order valence-corrected chi connectivity index (χ2v) is 3.71. The zero-order chi connectivity index (χ0) is 12.8. The minimum atomic E-state index is -0.320. The van der Waals surface area contributed by atoms with E-state index < -0.39 is 0 Å². The Morgan fingerprint density at radius 3 is 2.71 bits per heavy atom. The van der Waals surface area contributed by atoms with Crippen molar-refractivity contribution in [1.29, 1.82) is 0 Å². The number of aliphatic hydroxyl groups excluding tert-OH is 1. The molecule has 0 aliphatic carbocycles. The Bertz CT molecular complexity index is 418. The van der Waals surface area contributed by atoms with E-state index in [0.29, 0.717) is 11.3 Å². The van der Waals surface area contributed by atoms with E-state index >= 15 is 0 Å². The molecule has 0 radical (unpaired) electrons. The fourth-order valence-electron chi connectivity index (χ4n) is 1.29. The molecule has 0 saturated carbocycles. The SMILES string of the molecule is CC(=O)c1cccc(NC(=O)N(C)CCO)c1. The molecule has 0 unspecified atom stereocenters. The Kier molecular flexibility index (Phi) is 4.66. The van der Waals surface area contributed by atoms with Crippen LogP contribution in [0.4, 0.5) is 10.5 Å². The zero-order valence-electron chi connectivity index (χ0n) is 9.93. The Morgan fingerprint density at radius 1 is 1.41 bits per heavy atom. The number of aliphatic hydroxyl groups is 1. The maximum absolute atomic E-state index is 11.6. The molecule has 0 aliphatic heterocycles. The summed E-state index contributed by atoms with van der Waals surface area (Å²) in [4.78, 5) is 24.1. The van der Waals surface area contributed by atoms with E-state index in [1.54, 1.807) is 31.3 Å². The van der Waals surface area contributed by atoms with Gasteiger partial charge < -0.3 is 15.3 Å². The van der Waals surface area contributed by atoms with Crippen molar-refractivity contribution in [2.45, 2.75) is 6.92 Å². The molecular weight excluding hydrogens is 220 g/mol. The molecule has 2 N–H and O–H groups in total. The average Bonchev–Trinajstić information content (AvgIpc) is 2.29. The average molecular weight is 236 g/mol. The number of benzene rings is 1. The molecule has 92 valence electrons. The van der Waals surface area contributed by atoms with Crippen LogP contribution in [0.2, 0.25) is 0 Å². The number of amides is 2. The van der Waals surface area contributed by atoms with Gasteiger partial charge in [0.25, 0.3) is 0 Å². The largest absolute Gasteiger partial charge is 0.395 e. The van der Waals surface area contributed by atoms with Crippen molar-refractivity contribution in [3.8, 4) is 0 Å². The second-order valence-electron chi connectivity index (χ2n) is 3.71. The van der Waals surface area contributed by atoms with E-state index in [1.165, 1.54) is 11.8 Å². The van der Waals surface area contributed by atoms with Crippen LogP contribution in [0.3, 0.4) is 0 Å². The standard InChI is InChI=1S/C12H16N2O3/c1-9(16)10-4-3-5-11(8-10)13-12(17)14(2)6-7-15/h3-5,8,15H,6-7H2,1-2H3,(H,13,17). The van der Waals surface area contributed by atoms with Crippen LogP contribution < -0.4 is 5.32 Å². The highest BCUT2D eigenvalue weighted by Gasteiger charge is 2.08. The first-order chi connectivity index (χ1) is 8.04. The number of hydrogen-bond acceptors (Lipinski definition) is 3. The monoisotopic (exact) mass is 236 g/mol. The zero-order valence-corrected chi connectivity index (χ0v) is 9.93. The topological polar surface area (TPSA) is 69.6 Å². The van der Waals surface area contributed by atoms with E-state index in [-0.39, 0.29) is 25.0 Å². The Morgan fingerprint density at radius 2 is 2.12 bits per heavy atom. The normalized spacial score (nSPS) is 9.82. The van der Waals surface area contributed by atoms with Crippen LogP contribution in [0, 0.1) is 0 Å². The third-order valence-corrected chi connectivity index (χ3v) is 2.30. The number of rotatable bonds is 4. The minimum absolute atomic E-state index is 0.0511. The van der Waals surface area contributed by atoms with E-state index in [9.17, 15) is 9.59 Å². The molecule has 0 fully saturated rings. The smallest absolute Gasteiger partial charge is 0.321 e. The second kappa shape index (κ2) is 6.00. The van der Waals surface area contributed by atoms with Gasteiger partial charge in [0, 0.05) is 24.8 Å². The van der Waals surface area contributed by atoms with Crippen LogP contribution in [0.5, 0.6) is 0 Å².